The smallest absolute Gasteiger partial charge is 0.122 e. The molecule has 0 radical (unpaired) electrons. The van der Waals surface area contributed by atoms with Crippen molar-refractivity contribution in [2.45, 2.75) is 32.6 Å². The van der Waals surface area contributed by atoms with E-state index in [2.05, 4.69) is 25.1 Å². The molecule has 88 valence electrons. The van der Waals surface area contributed by atoms with Gasteiger partial charge in [0.15, 0.2) is 0 Å². The van der Waals surface area contributed by atoms with Crippen LogP contribution < -0.4 is 10.5 Å². The molecular formula is C14H21NO. The monoisotopic (exact) mass is 219 g/mol. The fourth-order valence-corrected chi connectivity index (χ4v) is 2.17. The Hall–Kier alpha value is -1.02. The van der Waals surface area contributed by atoms with E-state index in [4.69, 9.17) is 10.5 Å². The van der Waals surface area contributed by atoms with Gasteiger partial charge in [-0.3, -0.25) is 0 Å². The third-order valence-corrected chi connectivity index (χ3v) is 3.32. The zero-order valence-corrected chi connectivity index (χ0v) is 10.0. The maximum Gasteiger partial charge on any atom is 0.122 e. The van der Waals surface area contributed by atoms with E-state index in [9.17, 15) is 0 Å². The van der Waals surface area contributed by atoms with Gasteiger partial charge in [0.25, 0.3) is 0 Å². The molecule has 1 aliphatic rings. The molecule has 2 N–H and O–H groups in total. The van der Waals surface area contributed by atoms with Crippen LogP contribution in [-0.2, 0) is 12.8 Å². The van der Waals surface area contributed by atoms with Crippen molar-refractivity contribution < 1.29 is 4.74 Å². The molecular weight excluding hydrogens is 198 g/mol. The minimum Gasteiger partial charge on any atom is -0.493 e. The van der Waals surface area contributed by atoms with Gasteiger partial charge in [0, 0.05) is 6.42 Å². The number of nitrogens with two attached hydrogens (primary N) is 1. The van der Waals surface area contributed by atoms with Gasteiger partial charge in [0.1, 0.15) is 5.75 Å². The molecule has 1 aliphatic heterocycles. The fraction of sp³-hybridized carbons (Fsp3) is 0.571. The first-order valence-electron chi connectivity index (χ1n) is 6.24. The van der Waals surface area contributed by atoms with Crippen molar-refractivity contribution in [3.8, 4) is 5.75 Å². The average Bonchev–Trinajstić information content (AvgIpc) is 2.76. The first-order valence-corrected chi connectivity index (χ1v) is 6.24. The van der Waals surface area contributed by atoms with Gasteiger partial charge in [-0.05, 0) is 48.9 Å². The van der Waals surface area contributed by atoms with E-state index in [-0.39, 0.29) is 0 Å². The molecule has 0 spiro atoms. The van der Waals surface area contributed by atoms with E-state index in [1.165, 1.54) is 24.0 Å². The summed E-state index contributed by atoms with van der Waals surface area (Å²) in [4.78, 5) is 0. The Kier molecular flexibility index (Phi) is 3.83. The van der Waals surface area contributed by atoms with E-state index >= 15 is 0 Å². The van der Waals surface area contributed by atoms with Gasteiger partial charge >= 0.3 is 0 Å². The lowest BCUT2D eigenvalue weighted by atomic mass is 9.99. The van der Waals surface area contributed by atoms with Crippen molar-refractivity contribution in [1.29, 1.82) is 0 Å². The van der Waals surface area contributed by atoms with E-state index < -0.39 is 0 Å². The second-order valence-electron chi connectivity index (χ2n) is 4.77. The highest BCUT2D eigenvalue weighted by Gasteiger charge is 2.11. The van der Waals surface area contributed by atoms with Gasteiger partial charge < -0.3 is 10.5 Å². The molecule has 2 rings (SSSR count). The number of fused-ring (bicyclic) bond motifs is 1. The summed E-state index contributed by atoms with van der Waals surface area (Å²) >= 11 is 0. The van der Waals surface area contributed by atoms with Crippen LogP contribution in [0.15, 0.2) is 18.2 Å². The average molecular weight is 219 g/mol. The van der Waals surface area contributed by atoms with Crippen molar-refractivity contribution in [3.63, 3.8) is 0 Å². The number of aryl methyl sites for hydroxylation is 1. The number of hydrogen-bond acceptors (Lipinski definition) is 2. The van der Waals surface area contributed by atoms with Gasteiger partial charge in [-0.15, -0.1) is 0 Å². The van der Waals surface area contributed by atoms with E-state index in [0.717, 1.165) is 31.7 Å². The molecule has 0 amide bonds. The van der Waals surface area contributed by atoms with Crippen LogP contribution in [0.3, 0.4) is 0 Å². The number of hydrogen-bond donors (Lipinski definition) is 1. The summed E-state index contributed by atoms with van der Waals surface area (Å²) in [6.07, 6.45) is 4.70. The molecule has 0 saturated carbocycles. The topological polar surface area (TPSA) is 35.2 Å². The Balaban J connectivity index is 1.86. The van der Waals surface area contributed by atoms with Crippen LogP contribution in [0, 0.1) is 5.92 Å². The summed E-state index contributed by atoms with van der Waals surface area (Å²) in [5, 5.41) is 0. The Labute approximate surface area is 97.8 Å². The van der Waals surface area contributed by atoms with Gasteiger partial charge in [-0.1, -0.05) is 19.1 Å². The number of rotatable bonds is 5. The molecule has 1 aromatic carbocycles. The highest BCUT2D eigenvalue weighted by molar-refractivity contribution is 5.39. The molecule has 0 aliphatic carbocycles. The first-order chi connectivity index (χ1) is 7.79. The summed E-state index contributed by atoms with van der Waals surface area (Å²) < 4.78 is 5.50. The second kappa shape index (κ2) is 5.35. The lowest BCUT2D eigenvalue weighted by Gasteiger charge is -2.08. The standard InChI is InChI=1S/C14H21NO/c1-11(10-15)3-2-4-12-5-6-14-13(9-12)7-8-16-14/h5-6,9,11H,2-4,7-8,10,15H2,1H3. The summed E-state index contributed by atoms with van der Waals surface area (Å²) in [6.45, 7) is 3.87. The molecule has 1 heterocycles. The largest absolute Gasteiger partial charge is 0.493 e. The van der Waals surface area contributed by atoms with Crippen molar-refractivity contribution in [2.75, 3.05) is 13.2 Å². The number of benzene rings is 1. The van der Waals surface area contributed by atoms with E-state index in [1.807, 2.05) is 0 Å². The van der Waals surface area contributed by atoms with Gasteiger partial charge in [0.05, 0.1) is 6.61 Å². The van der Waals surface area contributed by atoms with Gasteiger partial charge in [0.2, 0.25) is 0 Å². The molecule has 2 heteroatoms. The minimum atomic E-state index is 0.651. The molecule has 0 saturated heterocycles. The molecule has 16 heavy (non-hydrogen) atoms. The summed E-state index contributed by atoms with van der Waals surface area (Å²) in [6, 6.07) is 6.61. The third kappa shape index (κ3) is 2.76. The maximum atomic E-state index is 5.61. The molecule has 1 atom stereocenters. The van der Waals surface area contributed by atoms with Crippen molar-refractivity contribution in [1.82, 2.24) is 0 Å². The third-order valence-electron chi connectivity index (χ3n) is 3.32. The Morgan fingerprint density at radius 3 is 3.12 bits per heavy atom. The van der Waals surface area contributed by atoms with Crippen LogP contribution >= 0.6 is 0 Å². The van der Waals surface area contributed by atoms with Crippen LogP contribution in [0.5, 0.6) is 5.75 Å². The molecule has 2 nitrogen and oxygen atoms in total. The predicted molar refractivity (Wildman–Crippen MR) is 66.8 cm³/mol. The SMILES string of the molecule is CC(CN)CCCc1ccc2c(c1)CCO2. The molecule has 1 aromatic rings. The van der Waals surface area contributed by atoms with Crippen LogP contribution in [0.2, 0.25) is 0 Å². The maximum absolute atomic E-state index is 5.61. The zero-order valence-electron chi connectivity index (χ0n) is 10.0. The predicted octanol–water partition coefficient (Wildman–Crippen LogP) is 2.54. The summed E-state index contributed by atoms with van der Waals surface area (Å²) in [5.74, 6) is 1.73. The van der Waals surface area contributed by atoms with Gasteiger partial charge in [-0.25, -0.2) is 0 Å². The van der Waals surface area contributed by atoms with Crippen LogP contribution in [-0.4, -0.2) is 13.2 Å². The van der Waals surface area contributed by atoms with Crippen LogP contribution in [0.1, 0.15) is 30.9 Å². The lowest BCUT2D eigenvalue weighted by molar-refractivity contribution is 0.357. The molecule has 0 fully saturated rings. The van der Waals surface area contributed by atoms with Crippen molar-refractivity contribution >= 4 is 0 Å². The first kappa shape index (κ1) is 11.5. The van der Waals surface area contributed by atoms with Gasteiger partial charge in [-0.2, -0.15) is 0 Å². The van der Waals surface area contributed by atoms with Crippen molar-refractivity contribution in [2.24, 2.45) is 11.7 Å². The minimum absolute atomic E-state index is 0.651. The Morgan fingerprint density at radius 2 is 2.31 bits per heavy atom. The van der Waals surface area contributed by atoms with E-state index in [1.54, 1.807) is 0 Å². The normalized spacial score (nSPS) is 15.6. The Bertz CT molecular complexity index is 349. The van der Waals surface area contributed by atoms with Crippen molar-refractivity contribution in [3.05, 3.63) is 29.3 Å². The molecule has 1 unspecified atom stereocenters. The summed E-state index contributed by atoms with van der Waals surface area (Å²) in [7, 11) is 0. The highest BCUT2D eigenvalue weighted by atomic mass is 16.5. The van der Waals surface area contributed by atoms with Crippen LogP contribution in [0.25, 0.3) is 0 Å². The van der Waals surface area contributed by atoms with Crippen LogP contribution in [0.4, 0.5) is 0 Å². The summed E-state index contributed by atoms with van der Waals surface area (Å²) in [5.41, 5.74) is 8.43. The number of ether oxygens (including phenoxy) is 1. The highest BCUT2D eigenvalue weighted by Crippen LogP contribution is 2.26. The molecule has 0 bridgehead atoms. The zero-order chi connectivity index (χ0) is 11.4. The Morgan fingerprint density at radius 1 is 1.44 bits per heavy atom. The lowest BCUT2D eigenvalue weighted by Crippen LogP contribution is -2.10. The quantitative estimate of drug-likeness (QED) is 0.826. The van der Waals surface area contributed by atoms with E-state index in [0.29, 0.717) is 5.92 Å². The molecule has 0 aromatic heterocycles. The fourth-order valence-electron chi connectivity index (χ4n) is 2.17. The second-order valence-corrected chi connectivity index (χ2v) is 4.77.